The number of ether oxygens (including phenoxy) is 1. The van der Waals surface area contributed by atoms with Gasteiger partial charge >= 0.3 is 0 Å². The standard InChI is InChI=1S/C23H20ClN3OS/c1-2-28-21-14-12-20(13-15-21)27-22(18-6-4-3-5-7-18)25-26-23(27)29-16-17-8-10-19(24)11-9-17/h3-15H,2,16H2,1H3. The van der Waals surface area contributed by atoms with Gasteiger partial charge in [-0.2, -0.15) is 0 Å². The third-order valence-electron chi connectivity index (χ3n) is 4.35. The van der Waals surface area contributed by atoms with Crippen molar-refractivity contribution in [3.8, 4) is 22.8 Å². The number of hydrogen-bond donors (Lipinski definition) is 0. The van der Waals surface area contributed by atoms with Crippen LogP contribution in [0.3, 0.4) is 0 Å². The van der Waals surface area contributed by atoms with Crippen LogP contribution in [-0.2, 0) is 5.75 Å². The number of nitrogens with zero attached hydrogens (tertiary/aromatic N) is 3. The molecule has 0 fully saturated rings. The molecule has 0 atom stereocenters. The average molecular weight is 422 g/mol. The third kappa shape index (κ3) is 4.63. The lowest BCUT2D eigenvalue weighted by Gasteiger charge is -2.11. The van der Waals surface area contributed by atoms with E-state index in [0.29, 0.717) is 6.61 Å². The van der Waals surface area contributed by atoms with E-state index >= 15 is 0 Å². The van der Waals surface area contributed by atoms with Gasteiger partial charge in [-0.15, -0.1) is 10.2 Å². The van der Waals surface area contributed by atoms with Crippen LogP contribution in [0.5, 0.6) is 5.75 Å². The summed E-state index contributed by atoms with van der Waals surface area (Å²) in [5, 5.41) is 10.5. The maximum Gasteiger partial charge on any atom is 0.196 e. The van der Waals surface area contributed by atoms with Crippen molar-refractivity contribution in [2.45, 2.75) is 17.8 Å². The second kappa shape index (κ2) is 9.16. The first-order chi connectivity index (χ1) is 14.2. The third-order valence-corrected chi connectivity index (χ3v) is 5.60. The molecule has 0 N–H and O–H groups in total. The fraction of sp³-hybridized carbons (Fsp3) is 0.130. The van der Waals surface area contributed by atoms with Crippen LogP contribution in [0, 0.1) is 0 Å². The van der Waals surface area contributed by atoms with Crippen molar-refractivity contribution in [3.05, 3.63) is 89.4 Å². The van der Waals surface area contributed by atoms with E-state index in [0.717, 1.165) is 38.8 Å². The minimum Gasteiger partial charge on any atom is -0.494 e. The van der Waals surface area contributed by atoms with Crippen LogP contribution in [0.1, 0.15) is 12.5 Å². The first-order valence-corrected chi connectivity index (χ1v) is 10.7. The molecule has 0 saturated heterocycles. The smallest absolute Gasteiger partial charge is 0.196 e. The van der Waals surface area contributed by atoms with Crippen molar-refractivity contribution < 1.29 is 4.74 Å². The number of aromatic nitrogens is 3. The van der Waals surface area contributed by atoms with Gasteiger partial charge in [-0.1, -0.05) is 65.8 Å². The lowest BCUT2D eigenvalue weighted by molar-refractivity contribution is 0.340. The molecule has 3 aromatic carbocycles. The molecule has 0 saturated carbocycles. The van der Waals surface area contributed by atoms with E-state index in [2.05, 4.69) is 14.8 Å². The normalized spacial score (nSPS) is 10.8. The Morgan fingerprint density at radius 2 is 1.62 bits per heavy atom. The van der Waals surface area contributed by atoms with E-state index in [4.69, 9.17) is 16.3 Å². The van der Waals surface area contributed by atoms with Gasteiger partial charge in [0.1, 0.15) is 5.75 Å². The highest BCUT2D eigenvalue weighted by molar-refractivity contribution is 7.98. The highest BCUT2D eigenvalue weighted by Crippen LogP contribution is 2.30. The molecule has 0 unspecified atom stereocenters. The highest BCUT2D eigenvalue weighted by atomic mass is 35.5. The predicted octanol–water partition coefficient (Wildman–Crippen LogP) is 6.28. The van der Waals surface area contributed by atoms with E-state index in [-0.39, 0.29) is 0 Å². The van der Waals surface area contributed by atoms with Gasteiger partial charge in [0.25, 0.3) is 0 Å². The van der Waals surface area contributed by atoms with E-state index < -0.39 is 0 Å². The van der Waals surface area contributed by atoms with E-state index in [9.17, 15) is 0 Å². The number of hydrogen-bond acceptors (Lipinski definition) is 4. The summed E-state index contributed by atoms with van der Waals surface area (Å²) in [6, 6.07) is 26.0. The lowest BCUT2D eigenvalue weighted by Crippen LogP contribution is -2.00. The largest absolute Gasteiger partial charge is 0.494 e. The Bertz CT molecular complexity index is 1060. The van der Waals surface area contributed by atoms with Crippen molar-refractivity contribution in [3.63, 3.8) is 0 Å². The minimum absolute atomic E-state index is 0.642. The van der Waals surface area contributed by atoms with E-state index in [1.54, 1.807) is 11.8 Å². The van der Waals surface area contributed by atoms with Crippen LogP contribution in [0.25, 0.3) is 17.1 Å². The van der Waals surface area contributed by atoms with Crippen LogP contribution >= 0.6 is 23.4 Å². The molecule has 6 heteroatoms. The first-order valence-electron chi connectivity index (χ1n) is 9.36. The molecule has 0 radical (unpaired) electrons. The van der Waals surface area contributed by atoms with Gasteiger partial charge in [0.2, 0.25) is 0 Å². The highest BCUT2D eigenvalue weighted by Gasteiger charge is 2.16. The summed E-state index contributed by atoms with van der Waals surface area (Å²) < 4.78 is 7.67. The zero-order valence-corrected chi connectivity index (χ0v) is 17.5. The molecule has 0 aliphatic heterocycles. The summed E-state index contributed by atoms with van der Waals surface area (Å²) in [6.45, 7) is 2.62. The summed E-state index contributed by atoms with van der Waals surface area (Å²) in [7, 11) is 0. The number of thioether (sulfide) groups is 1. The molecule has 1 heterocycles. The molecule has 4 nitrogen and oxygen atoms in total. The van der Waals surface area contributed by atoms with Crippen molar-refractivity contribution >= 4 is 23.4 Å². The molecular formula is C23H20ClN3OS. The van der Waals surface area contributed by atoms with Gasteiger partial charge < -0.3 is 4.74 Å². The quantitative estimate of drug-likeness (QED) is 0.329. The summed E-state index contributed by atoms with van der Waals surface area (Å²) >= 11 is 7.64. The minimum atomic E-state index is 0.642. The fourth-order valence-electron chi connectivity index (χ4n) is 2.96. The molecule has 4 aromatic rings. The predicted molar refractivity (Wildman–Crippen MR) is 119 cm³/mol. The molecule has 0 spiro atoms. The fourth-order valence-corrected chi connectivity index (χ4v) is 3.99. The molecule has 0 amide bonds. The molecule has 29 heavy (non-hydrogen) atoms. The molecule has 0 aliphatic carbocycles. The number of halogens is 1. The Morgan fingerprint density at radius 1 is 0.897 bits per heavy atom. The molecule has 146 valence electrons. The monoisotopic (exact) mass is 421 g/mol. The molecule has 1 aromatic heterocycles. The molecular weight excluding hydrogens is 402 g/mol. The second-order valence-corrected chi connectivity index (χ2v) is 7.73. The lowest BCUT2D eigenvalue weighted by atomic mass is 10.2. The van der Waals surface area contributed by atoms with Crippen molar-refractivity contribution in [1.82, 2.24) is 14.8 Å². The SMILES string of the molecule is CCOc1ccc(-n2c(SCc3ccc(Cl)cc3)nnc2-c2ccccc2)cc1. The Morgan fingerprint density at radius 3 is 2.31 bits per heavy atom. The van der Waals surface area contributed by atoms with Gasteiger partial charge in [-0.05, 0) is 48.9 Å². The van der Waals surface area contributed by atoms with Crippen LogP contribution < -0.4 is 4.74 Å². The second-order valence-electron chi connectivity index (χ2n) is 6.35. The van der Waals surface area contributed by atoms with Crippen LogP contribution in [0.15, 0.2) is 84.0 Å². The number of rotatable bonds is 7. The van der Waals surface area contributed by atoms with Gasteiger partial charge in [0.15, 0.2) is 11.0 Å². The average Bonchev–Trinajstić information content (AvgIpc) is 3.19. The molecule has 0 aliphatic rings. The van der Waals surface area contributed by atoms with Gasteiger partial charge in [0, 0.05) is 22.0 Å². The Hall–Kier alpha value is -2.76. The Kier molecular flexibility index (Phi) is 6.17. The Balaban J connectivity index is 1.69. The van der Waals surface area contributed by atoms with Crippen molar-refractivity contribution in [2.75, 3.05) is 6.61 Å². The summed E-state index contributed by atoms with van der Waals surface area (Å²) in [5.41, 5.74) is 3.20. The summed E-state index contributed by atoms with van der Waals surface area (Å²) in [4.78, 5) is 0. The zero-order valence-electron chi connectivity index (χ0n) is 16.0. The maximum absolute atomic E-state index is 6.00. The van der Waals surface area contributed by atoms with Gasteiger partial charge in [0.05, 0.1) is 6.61 Å². The maximum atomic E-state index is 6.00. The van der Waals surface area contributed by atoms with E-state index in [1.165, 1.54) is 5.56 Å². The summed E-state index contributed by atoms with van der Waals surface area (Å²) in [6.07, 6.45) is 0. The number of benzene rings is 3. The summed E-state index contributed by atoms with van der Waals surface area (Å²) in [5.74, 6) is 2.44. The Labute approximate surface area is 179 Å². The van der Waals surface area contributed by atoms with Crippen molar-refractivity contribution in [1.29, 1.82) is 0 Å². The first kappa shape index (κ1) is 19.6. The van der Waals surface area contributed by atoms with Crippen LogP contribution in [0.4, 0.5) is 0 Å². The molecule has 0 bridgehead atoms. The van der Waals surface area contributed by atoms with Crippen molar-refractivity contribution in [2.24, 2.45) is 0 Å². The van der Waals surface area contributed by atoms with Crippen LogP contribution in [-0.4, -0.2) is 21.4 Å². The van der Waals surface area contributed by atoms with Crippen LogP contribution in [0.2, 0.25) is 5.02 Å². The zero-order chi connectivity index (χ0) is 20.1. The van der Waals surface area contributed by atoms with Gasteiger partial charge in [-0.3, -0.25) is 4.57 Å². The van der Waals surface area contributed by atoms with E-state index in [1.807, 2.05) is 85.8 Å². The molecule has 4 rings (SSSR count). The topological polar surface area (TPSA) is 39.9 Å². The van der Waals surface area contributed by atoms with Gasteiger partial charge in [-0.25, -0.2) is 0 Å².